The molecule has 0 N–H and O–H groups in total. The maximum atomic E-state index is 5.16. The zero-order chi connectivity index (χ0) is 31.6. The summed E-state index contributed by atoms with van der Waals surface area (Å²) in [4.78, 5) is 5.16. The first-order valence-corrected chi connectivity index (χ1v) is 17.1. The van der Waals surface area contributed by atoms with E-state index in [0.717, 1.165) is 22.2 Å². The molecule has 7 aromatic carbocycles. The third-order valence-electron chi connectivity index (χ3n) is 9.61. The first kappa shape index (κ1) is 27.1. The minimum Gasteiger partial charge on any atom is -0.309 e. The molecule has 0 saturated carbocycles. The lowest BCUT2D eigenvalue weighted by Gasteiger charge is -2.12. The van der Waals surface area contributed by atoms with Crippen molar-refractivity contribution in [3.8, 4) is 39.2 Å². The second kappa shape index (κ2) is 10.8. The number of rotatable bonds is 4. The van der Waals surface area contributed by atoms with Gasteiger partial charge in [0.25, 0.3) is 0 Å². The summed E-state index contributed by atoms with van der Waals surface area (Å²) in [5, 5.41) is 6.36. The zero-order valence-electron chi connectivity index (χ0n) is 26.0. The predicted molar refractivity (Wildman–Crippen MR) is 205 cm³/mol. The van der Waals surface area contributed by atoms with Gasteiger partial charge in [-0.3, -0.25) is 0 Å². The Labute approximate surface area is 281 Å². The third kappa shape index (κ3) is 4.15. The van der Waals surface area contributed by atoms with Crippen LogP contribution in [0.5, 0.6) is 0 Å². The van der Waals surface area contributed by atoms with Crippen molar-refractivity contribution in [1.82, 2.24) is 9.55 Å². The number of hydrogen-bond acceptors (Lipinski definition) is 2. The first-order valence-electron chi connectivity index (χ1n) is 16.3. The summed E-state index contributed by atoms with van der Waals surface area (Å²) in [6.07, 6.45) is 0. The average molecular weight is 629 g/mol. The van der Waals surface area contributed by atoms with Crippen LogP contribution in [0.25, 0.3) is 92.1 Å². The SMILES string of the molecule is c1ccc(-c2ccc(-c3cc(-c4cccc5c4sc4c5ccc5c4c4ccccc4n5-c4ccccc4)c4ccccc4n3)cc2)cc1. The van der Waals surface area contributed by atoms with Gasteiger partial charge in [0.1, 0.15) is 0 Å². The van der Waals surface area contributed by atoms with E-state index in [9.17, 15) is 0 Å². The van der Waals surface area contributed by atoms with Crippen molar-refractivity contribution in [2.75, 3.05) is 0 Å². The van der Waals surface area contributed by atoms with Gasteiger partial charge in [0, 0.05) is 53.1 Å². The Bertz CT molecular complexity index is 2810. The van der Waals surface area contributed by atoms with Crippen LogP contribution >= 0.6 is 11.3 Å². The van der Waals surface area contributed by atoms with Crippen LogP contribution in [0.15, 0.2) is 170 Å². The van der Waals surface area contributed by atoms with Gasteiger partial charge in [-0.2, -0.15) is 0 Å². The Kier molecular flexibility index (Phi) is 6.08. The standard InChI is InChI=1S/C45H28N2S/c1-3-12-29(13-4-1)30-22-24-31(25-23-30)40-28-38(33-16-7-9-20-39(33)46-40)35-19-11-18-34-36-26-27-42-43(45(36)48-44(34)35)37-17-8-10-21-41(37)47(42)32-14-5-2-6-15-32/h1-28H. The van der Waals surface area contributed by atoms with E-state index in [4.69, 9.17) is 4.98 Å². The summed E-state index contributed by atoms with van der Waals surface area (Å²) in [5.41, 5.74) is 11.6. The van der Waals surface area contributed by atoms with E-state index in [-0.39, 0.29) is 0 Å². The number of fused-ring (bicyclic) bond motifs is 8. The monoisotopic (exact) mass is 628 g/mol. The normalized spacial score (nSPS) is 11.8. The van der Waals surface area contributed by atoms with E-state index in [1.165, 1.54) is 69.9 Å². The lowest BCUT2D eigenvalue weighted by atomic mass is 9.96. The van der Waals surface area contributed by atoms with Gasteiger partial charge in [0.05, 0.1) is 22.2 Å². The molecule has 0 aliphatic rings. The maximum absolute atomic E-state index is 5.16. The van der Waals surface area contributed by atoms with Crippen LogP contribution in [-0.4, -0.2) is 9.55 Å². The smallest absolute Gasteiger partial charge is 0.0715 e. The highest BCUT2D eigenvalue weighted by atomic mass is 32.1. The molecule has 10 rings (SSSR count). The van der Waals surface area contributed by atoms with Gasteiger partial charge < -0.3 is 4.57 Å². The van der Waals surface area contributed by atoms with Gasteiger partial charge in [-0.25, -0.2) is 4.98 Å². The third-order valence-corrected chi connectivity index (χ3v) is 10.9. The van der Waals surface area contributed by atoms with Gasteiger partial charge >= 0.3 is 0 Å². The summed E-state index contributed by atoms with van der Waals surface area (Å²) >= 11 is 1.91. The van der Waals surface area contributed by atoms with Crippen molar-refractivity contribution in [1.29, 1.82) is 0 Å². The molecule has 224 valence electrons. The highest BCUT2D eigenvalue weighted by Gasteiger charge is 2.20. The van der Waals surface area contributed by atoms with Crippen molar-refractivity contribution in [2.45, 2.75) is 0 Å². The number of nitrogens with zero attached hydrogens (tertiary/aromatic N) is 2. The van der Waals surface area contributed by atoms with Gasteiger partial charge in [0.15, 0.2) is 0 Å². The zero-order valence-corrected chi connectivity index (χ0v) is 26.8. The van der Waals surface area contributed by atoms with Crippen LogP contribution in [0.1, 0.15) is 0 Å². The fraction of sp³-hybridized carbons (Fsp3) is 0. The number of pyridine rings is 1. The Morgan fingerprint density at radius 2 is 1.06 bits per heavy atom. The van der Waals surface area contributed by atoms with Crippen LogP contribution < -0.4 is 0 Å². The number of hydrogen-bond donors (Lipinski definition) is 0. The minimum atomic E-state index is 0.981. The van der Waals surface area contributed by atoms with Crippen molar-refractivity contribution in [3.63, 3.8) is 0 Å². The minimum absolute atomic E-state index is 0.981. The molecule has 0 radical (unpaired) electrons. The number of para-hydroxylation sites is 3. The molecule has 0 unspecified atom stereocenters. The second-order valence-corrected chi connectivity index (χ2v) is 13.3. The first-order chi connectivity index (χ1) is 23.8. The molecule has 0 amide bonds. The molecule has 3 aromatic heterocycles. The van der Waals surface area contributed by atoms with Crippen LogP contribution in [0.3, 0.4) is 0 Å². The van der Waals surface area contributed by atoms with E-state index < -0.39 is 0 Å². The van der Waals surface area contributed by atoms with E-state index in [1.807, 2.05) is 11.3 Å². The Morgan fingerprint density at radius 3 is 1.90 bits per heavy atom. The molecule has 48 heavy (non-hydrogen) atoms. The molecular weight excluding hydrogens is 601 g/mol. The second-order valence-electron chi connectivity index (χ2n) is 12.3. The van der Waals surface area contributed by atoms with Crippen molar-refractivity contribution in [2.24, 2.45) is 0 Å². The largest absolute Gasteiger partial charge is 0.309 e. The number of benzene rings is 7. The Hall–Kier alpha value is -6.03. The molecule has 0 aliphatic carbocycles. The average Bonchev–Trinajstić information content (AvgIpc) is 3.71. The molecule has 0 bridgehead atoms. The number of aromatic nitrogens is 2. The van der Waals surface area contributed by atoms with Crippen molar-refractivity contribution >= 4 is 64.2 Å². The van der Waals surface area contributed by atoms with Gasteiger partial charge in [-0.1, -0.05) is 133 Å². The molecule has 10 aromatic rings. The topological polar surface area (TPSA) is 17.8 Å². The van der Waals surface area contributed by atoms with E-state index >= 15 is 0 Å². The predicted octanol–water partition coefficient (Wildman–Crippen LogP) is 12.7. The van der Waals surface area contributed by atoms with Crippen molar-refractivity contribution < 1.29 is 0 Å². The summed E-state index contributed by atoms with van der Waals surface area (Å²) in [6, 6.07) is 61.1. The molecular formula is C45H28N2S. The maximum Gasteiger partial charge on any atom is 0.0715 e. The summed E-state index contributed by atoms with van der Waals surface area (Å²) < 4.78 is 5.04. The lowest BCUT2D eigenvalue weighted by Crippen LogP contribution is -1.92. The molecule has 3 heteroatoms. The Balaban J connectivity index is 1.21. The highest BCUT2D eigenvalue weighted by molar-refractivity contribution is 7.27. The van der Waals surface area contributed by atoms with Gasteiger partial charge in [0.2, 0.25) is 0 Å². The van der Waals surface area contributed by atoms with E-state index in [0.29, 0.717) is 0 Å². The van der Waals surface area contributed by atoms with Crippen LogP contribution in [0, 0.1) is 0 Å². The summed E-state index contributed by atoms with van der Waals surface area (Å²) in [5.74, 6) is 0. The summed E-state index contributed by atoms with van der Waals surface area (Å²) in [7, 11) is 0. The van der Waals surface area contributed by atoms with Crippen LogP contribution in [-0.2, 0) is 0 Å². The molecule has 0 atom stereocenters. The highest BCUT2D eigenvalue weighted by Crippen LogP contribution is 2.47. The Morgan fingerprint density at radius 1 is 0.417 bits per heavy atom. The fourth-order valence-electron chi connectivity index (χ4n) is 7.39. The number of thiophene rings is 1. The quantitative estimate of drug-likeness (QED) is 0.190. The molecule has 0 fully saturated rings. The molecule has 0 saturated heterocycles. The lowest BCUT2D eigenvalue weighted by molar-refractivity contribution is 1.18. The van der Waals surface area contributed by atoms with E-state index in [1.54, 1.807) is 0 Å². The van der Waals surface area contributed by atoms with Crippen LogP contribution in [0.2, 0.25) is 0 Å². The fourth-order valence-corrected chi connectivity index (χ4v) is 8.77. The van der Waals surface area contributed by atoms with Crippen LogP contribution in [0.4, 0.5) is 0 Å². The molecule has 0 spiro atoms. The van der Waals surface area contributed by atoms with Gasteiger partial charge in [-0.15, -0.1) is 11.3 Å². The molecule has 0 aliphatic heterocycles. The molecule has 3 heterocycles. The molecule has 2 nitrogen and oxygen atoms in total. The van der Waals surface area contributed by atoms with Crippen molar-refractivity contribution in [3.05, 3.63) is 170 Å². The summed E-state index contributed by atoms with van der Waals surface area (Å²) in [6.45, 7) is 0. The van der Waals surface area contributed by atoms with E-state index in [2.05, 4.69) is 174 Å². The van der Waals surface area contributed by atoms with Gasteiger partial charge in [-0.05, 0) is 53.1 Å².